The molecule has 1 rings (SSSR count). The van der Waals surface area contributed by atoms with Crippen LogP contribution in [0.2, 0.25) is 0 Å². The van der Waals surface area contributed by atoms with Crippen molar-refractivity contribution in [3.8, 4) is 0 Å². The highest BCUT2D eigenvalue weighted by molar-refractivity contribution is 6.35. The summed E-state index contributed by atoms with van der Waals surface area (Å²) in [5.74, 6) is 0. The molecule has 0 unspecified atom stereocenters. The largest absolute Gasteiger partial charge is 0.709 e. The van der Waals surface area contributed by atoms with Crippen molar-refractivity contribution in [3.05, 3.63) is 0 Å². The van der Waals surface area contributed by atoms with Gasteiger partial charge in [-0.2, -0.15) is 0 Å². The van der Waals surface area contributed by atoms with E-state index in [0.717, 1.165) is 0 Å². The summed E-state index contributed by atoms with van der Waals surface area (Å²) in [5.41, 5.74) is 0. The Morgan fingerprint density at radius 1 is 1.67 bits per heavy atom. The lowest BCUT2D eigenvalue weighted by atomic mass is 10.3. The summed E-state index contributed by atoms with van der Waals surface area (Å²) in [7, 11) is -1.77. The molecular weight excluding hydrogens is 123 g/mol. The lowest BCUT2D eigenvalue weighted by molar-refractivity contribution is 0.278. The van der Waals surface area contributed by atoms with Crippen LogP contribution in [0.5, 0.6) is 0 Å². The van der Waals surface area contributed by atoms with Gasteiger partial charge in [-0.15, -0.1) is 0 Å². The highest BCUT2D eigenvalue weighted by Gasteiger charge is 2.15. The van der Waals surface area contributed by atoms with Gasteiger partial charge in [0.2, 0.25) is 0 Å². The van der Waals surface area contributed by atoms with Gasteiger partial charge in [-0.3, -0.25) is 0 Å². The van der Waals surface area contributed by atoms with Crippen molar-refractivity contribution < 1.29 is 14.7 Å². The van der Waals surface area contributed by atoms with Crippen molar-refractivity contribution in [2.75, 3.05) is 13.1 Å². The van der Waals surface area contributed by atoms with Crippen LogP contribution in [0.1, 0.15) is 0 Å². The number of rotatable bonds is 1. The molecule has 0 aliphatic carbocycles. The summed E-state index contributed by atoms with van der Waals surface area (Å²) >= 11 is 0. The number of hydrogen-bond donors (Lipinski definition) is 3. The van der Waals surface area contributed by atoms with E-state index in [1.807, 2.05) is 0 Å². The maximum absolute atomic E-state index is 8.23. The molecule has 0 spiro atoms. The van der Waals surface area contributed by atoms with Crippen molar-refractivity contribution in [1.29, 1.82) is 0 Å². The maximum atomic E-state index is 8.23. The van der Waals surface area contributed by atoms with E-state index in [9.17, 15) is 0 Å². The minimum absolute atomic E-state index is 0.199. The minimum atomic E-state index is -1.77. The monoisotopic (exact) mass is 130 g/mol. The summed E-state index contributed by atoms with van der Waals surface area (Å²) in [5, 5.41) is 19.1. The Balaban J connectivity index is 2.26. The fourth-order valence-corrected chi connectivity index (χ4v) is 0.555. The Morgan fingerprint density at radius 3 is 2.89 bits per heavy atom. The van der Waals surface area contributed by atoms with Gasteiger partial charge in [-0.1, -0.05) is 0 Å². The fourth-order valence-electron chi connectivity index (χ4n) is 0.555. The second-order valence-corrected chi connectivity index (χ2v) is 1.56. The molecule has 0 amide bonds. The topological polar surface area (TPSA) is 74.1 Å². The SMILES string of the molecule is OB(O)OC1=NCCN1. The third kappa shape index (κ3) is 1.91. The normalized spacial score (nSPS) is 16.4. The van der Waals surface area contributed by atoms with E-state index in [1.54, 1.807) is 0 Å². The van der Waals surface area contributed by atoms with Crippen LogP contribution in [0.3, 0.4) is 0 Å². The van der Waals surface area contributed by atoms with E-state index < -0.39 is 7.32 Å². The minimum Gasteiger partial charge on any atom is -0.485 e. The Kier molecular flexibility index (Phi) is 1.91. The van der Waals surface area contributed by atoms with E-state index >= 15 is 0 Å². The van der Waals surface area contributed by atoms with Crippen LogP contribution in [0, 0.1) is 0 Å². The molecule has 6 heteroatoms. The third-order valence-electron chi connectivity index (χ3n) is 0.860. The van der Waals surface area contributed by atoms with Crippen LogP contribution in [0.25, 0.3) is 0 Å². The lowest BCUT2D eigenvalue weighted by Crippen LogP contribution is -2.29. The summed E-state index contributed by atoms with van der Waals surface area (Å²) in [6, 6.07) is 0.199. The first kappa shape index (κ1) is 6.38. The van der Waals surface area contributed by atoms with E-state index in [-0.39, 0.29) is 6.02 Å². The van der Waals surface area contributed by atoms with Crippen LogP contribution in [-0.2, 0) is 4.65 Å². The zero-order valence-electron chi connectivity index (χ0n) is 4.74. The van der Waals surface area contributed by atoms with Crippen LogP contribution >= 0.6 is 0 Å². The van der Waals surface area contributed by atoms with Gasteiger partial charge in [0.05, 0.1) is 6.54 Å². The van der Waals surface area contributed by atoms with Crippen molar-refractivity contribution in [3.63, 3.8) is 0 Å². The van der Waals surface area contributed by atoms with Crippen LogP contribution < -0.4 is 5.32 Å². The molecule has 1 aliphatic rings. The van der Waals surface area contributed by atoms with E-state index in [1.165, 1.54) is 0 Å². The first-order valence-corrected chi connectivity index (χ1v) is 2.60. The molecule has 3 N–H and O–H groups in total. The molecule has 0 aromatic heterocycles. The fraction of sp³-hybridized carbons (Fsp3) is 0.667. The van der Waals surface area contributed by atoms with Gasteiger partial charge in [-0.05, 0) is 0 Å². The van der Waals surface area contributed by atoms with Gasteiger partial charge in [0.1, 0.15) is 0 Å². The van der Waals surface area contributed by atoms with Crippen molar-refractivity contribution in [1.82, 2.24) is 5.32 Å². The lowest BCUT2D eigenvalue weighted by Gasteiger charge is -2.01. The van der Waals surface area contributed by atoms with Gasteiger partial charge >= 0.3 is 7.32 Å². The van der Waals surface area contributed by atoms with Crippen LogP contribution in [-0.4, -0.2) is 36.5 Å². The molecule has 0 aromatic carbocycles. The van der Waals surface area contributed by atoms with Gasteiger partial charge in [0, 0.05) is 6.54 Å². The predicted molar refractivity (Wildman–Crippen MR) is 31.6 cm³/mol. The third-order valence-corrected chi connectivity index (χ3v) is 0.860. The van der Waals surface area contributed by atoms with Crippen molar-refractivity contribution >= 4 is 13.3 Å². The van der Waals surface area contributed by atoms with Gasteiger partial charge < -0.3 is 20.0 Å². The van der Waals surface area contributed by atoms with Gasteiger partial charge in [0.25, 0.3) is 6.02 Å². The average Bonchev–Trinajstić information content (AvgIpc) is 2.15. The second-order valence-electron chi connectivity index (χ2n) is 1.56. The molecule has 9 heavy (non-hydrogen) atoms. The molecular formula is C3H7BN2O3. The van der Waals surface area contributed by atoms with Crippen molar-refractivity contribution in [2.24, 2.45) is 4.99 Å². The standard InChI is InChI=1S/C3H7BN2O3/c7-4(8)9-3-5-1-2-6-3/h7-8H,1-2H2,(H,5,6). The van der Waals surface area contributed by atoms with E-state index in [4.69, 9.17) is 10.0 Å². The first-order chi connectivity index (χ1) is 4.29. The van der Waals surface area contributed by atoms with Gasteiger partial charge in [0.15, 0.2) is 0 Å². The summed E-state index contributed by atoms with van der Waals surface area (Å²) in [6.07, 6.45) is 0. The predicted octanol–water partition coefficient (Wildman–Crippen LogP) is -2.07. The Hall–Kier alpha value is -0.745. The molecule has 1 aliphatic heterocycles. The molecule has 0 fully saturated rings. The molecule has 0 saturated carbocycles. The average molecular weight is 130 g/mol. The number of nitrogens with zero attached hydrogens (tertiary/aromatic N) is 1. The zero-order valence-corrected chi connectivity index (χ0v) is 4.74. The van der Waals surface area contributed by atoms with E-state index in [0.29, 0.717) is 13.1 Å². The summed E-state index contributed by atoms with van der Waals surface area (Å²) in [4.78, 5) is 3.74. The molecule has 0 bridgehead atoms. The molecule has 0 aromatic rings. The molecule has 0 atom stereocenters. The first-order valence-electron chi connectivity index (χ1n) is 2.60. The Labute approximate surface area is 52.5 Å². The van der Waals surface area contributed by atoms with Crippen molar-refractivity contribution in [2.45, 2.75) is 0 Å². The smallest absolute Gasteiger partial charge is 0.485 e. The Morgan fingerprint density at radius 2 is 2.44 bits per heavy atom. The second kappa shape index (κ2) is 2.70. The summed E-state index contributed by atoms with van der Waals surface area (Å²) in [6.45, 7) is 1.32. The zero-order chi connectivity index (χ0) is 6.69. The van der Waals surface area contributed by atoms with Crippen LogP contribution in [0.4, 0.5) is 0 Å². The van der Waals surface area contributed by atoms with E-state index in [2.05, 4.69) is 15.0 Å². The molecule has 0 saturated heterocycles. The number of hydrogen-bond acceptors (Lipinski definition) is 5. The summed E-state index contributed by atoms with van der Waals surface area (Å²) < 4.78 is 4.36. The highest BCUT2D eigenvalue weighted by Crippen LogP contribution is 1.86. The maximum Gasteiger partial charge on any atom is 0.709 e. The Bertz CT molecular complexity index is 126. The van der Waals surface area contributed by atoms with Crippen LogP contribution in [0.15, 0.2) is 4.99 Å². The van der Waals surface area contributed by atoms with Gasteiger partial charge in [-0.25, -0.2) is 4.99 Å². The number of nitrogens with one attached hydrogen (secondary N) is 1. The molecule has 0 radical (unpaired) electrons. The molecule has 1 heterocycles. The number of aliphatic imine (C=N–C) groups is 1. The number of amidine groups is 1. The molecule has 50 valence electrons. The molecule has 5 nitrogen and oxygen atoms in total. The quantitative estimate of drug-likeness (QED) is 0.356. The highest BCUT2D eigenvalue weighted by atomic mass is 16.6.